The van der Waals surface area contributed by atoms with Crippen molar-refractivity contribution in [3.8, 4) is 11.4 Å². The summed E-state index contributed by atoms with van der Waals surface area (Å²) in [6.07, 6.45) is 1.74. The largest absolute Gasteiger partial charge is 0.338 e. The van der Waals surface area contributed by atoms with Crippen LogP contribution in [0.15, 0.2) is 39.8 Å². The molecule has 0 radical (unpaired) electrons. The molecule has 0 bridgehead atoms. The molecule has 0 aliphatic heterocycles. The van der Waals surface area contributed by atoms with Gasteiger partial charge in [-0.3, -0.25) is 0 Å². The second kappa shape index (κ2) is 5.88. The van der Waals surface area contributed by atoms with Gasteiger partial charge in [0.2, 0.25) is 11.7 Å². The van der Waals surface area contributed by atoms with E-state index in [0.717, 1.165) is 4.47 Å². The van der Waals surface area contributed by atoms with E-state index >= 15 is 0 Å². The van der Waals surface area contributed by atoms with E-state index in [0.29, 0.717) is 30.4 Å². The summed E-state index contributed by atoms with van der Waals surface area (Å²) in [6.45, 7) is 4.69. The van der Waals surface area contributed by atoms with Gasteiger partial charge < -0.3 is 9.84 Å². The van der Waals surface area contributed by atoms with Gasteiger partial charge in [-0.1, -0.05) is 27.2 Å². The number of halogens is 2. The van der Waals surface area contributed by atoms with E-state index < -0.39 is 0 Å². The van der Waals surface area contributed by atoms with Crippen LogP contribution in [0.4, 0.5) is 4.39 Å². The van der Waals surface area contributed by atoms with Crippen molar-refractivity contribution in [2.75, 3.05) is 6.54 Å². The lowest BCUT2D eigenvalue weighted by molar-refractivity contribution is 0.370. The van der Waals surface area contributed by atoms with E-state index in [1.54, 1.807) is 12.1 Å². The molecule has 0 amide bonds. The quantitative estimate of drug-likeness (QED) is 0.681. The Bertz CT molecular complexity index is 556. The normalized spacial score (nSPS) is 10.6. The van der Waals surface area contributed by atoms with Crippen molar-refractivity contribution >= 4 is 15.9 Å². The van der Waals surface area contributed by atoms with Crippen molar-refractivity contribution in [3.05, 3.63) is 47.0 Å². The molecule has 1 aromatic carbocycles. The molecule has 0 saturated carbocycles. The number of hydrogen-bond donors (Lipinski definition) is 1. The van der Waals surface area contributed by atoms with Crippen molar-refractivity contribution in [1.29, 1.82) is 0 Å². The highest BCUT2D eigenvalue weighted by Crippen LogP contribution is 2.26. The van der Waals surface area contributed by atoms with Gasteiger partial charge in [0.25, 0.3) is 0 Å². The second-order valence-electron chi connectivity index (χ2n) is 3.56. The Balaban J connectivity index is 2.18. The molecule has 2 aromatic rings. The third-order valence-corrected chi connectivity index (χ3v) is 2.89. The monoisotopic (exact) mass is 311 g/mol. The zero-order valence-electron chi connectivity index (χ0n) is 9.49. The maximum absolute atomic E-state index is 13.2. The summed E-state index contributed by atoms with van der Waals surface area (Å²) in [6, 6.07) is 4.33. The van der Waals surface area contributed by atoms with Crippen LogP contribution in [0.5, 0.6) is 0 Å². The highest BCUT2D eigenvalue weighted by atomic mass is 79.9. The Morgan fingerprint density at radius 1 is 1.50 bits per heavy atom. The van der Waals surface area contributed by atoms with Gasteiger partial charge in [-0.05, 0) is 18.2 Å². The van der Waals surface area contributed by atoms with Gasteiger partial charge in [-0.25, -0.2) is 4.39 Å². The summed E-state index contributed by atoms with van der Waals surface area (Å²) in [7, 11) is 0. The smallest absolute Gasteiger partial charge is 0.240 e. The van der Waals surface area contributed by atoms with Crippen molar-refractivity contribution in [1.82, 2.24) is 15.5 Å². The predicted octanol–water partition coefficient (Wildman–Crippen LogP) is 2.91. The minimum absolute atomic E-state index is 0.343. The first-order valence-corrected chi connectivity index (χ1v) is 6.09. The summed E-state index contributed by atoms with van der Waals surface area (Å²) >= 11 is 3.32. The molecule has 6 heteroatoms. The van der Waals surface area contributed by atoms with Gasteiger partial charge in [-0.2, -0.15) is 4.98 Å². The van der Waals surface area contributed by atoms with Crippen LogP contribution < -0.4 is 5.32 Å². The molecule has 0 unspecified atom stereocenters. The summed E-state index contributed by atoms with van der Waals surface area (Å²) in [5, 5.41) is 6.86. The standard InChI is InChI=1S/C12H11BrFN3O/c1-2-5-15-7-11-16-12(17-18-11)9-6-8(14)3-4-10(9)13/h2-4,6,15H,1,5,7H2. The van der Waals surface area contributed by atoms with Crippen LogP contribution in [0.1, 0.15) is 5.89 Å². The van der Waals surface area contributed by atoms with E-state index in [4.69, 9.17) is 4.52 Å². The lowest BCUT2D eigenvalue weighted by Gasteiger charge is -1.98. The molecule has 18 heavy (non-hydrogen) atoms. The molecule has 4 nitrogen and oxygen atoms in total. The van der Waals surface area contributed by atoms with Gasteiger partial charge in [0, 0.05) is 16.6 Å². The summed E-state index contributed by atoms with van der Waals surface area (Å²) in [5.41, 5.74) is 0.564. The topological polar surface area (TPSA) is 51.0 Å². The van der Waals surface area contributed by atoms with Gasteiger partial charge in [-0.15, -0.1) is 6.58 Å². The van der Waals surface area contributed by atoms with E-state index in [1.807, 2.05) is 0 Å². The fourth-order valence-corrected chi connectivity index (χ4v) is 1.81. The van der Waals surface area contributed by atoms with Crippen LogP contribution in [0.2, 0.25) is 0 Å². The Hall–Kier alpha value is -1.53. The van der Waals surface area contributed by atoms with Crippen molar-refractivity contribution in [3.63, 3.8) is 0 Å². The molecule has 0 atom stereocenters. The highest BCUT2D eigenvalue weighted by molar-refractivity contribution is 9.10. The highest BCUT2D eigenvalue weighted by Gasteiger charge is 2.12. The fraction of sp³-hybridized carbons (Fsp3) is 0.167. The third kappa shape index (κ3) is 3.02. The first-order valence-electron chi connectivity index (χ1n) is 5.30. The molecule has 94 valence electrons. The lowest BCUT2D eigenvalue weighted by Crippen LogP contribution is -2.12. The van der Waals surface area contributed by atoms with Gasteiger partial charge in [0.05, 0.1) is 6.54 Å². The first-order chi connectivity index (χ1) is 8.70. The molecule has 0 fully saturated rings. The van der Waals surface area contributed by atoms with Crippen molar-refractivity contribution in [2.24, 2.45) is 0 Å². The average molecular weight is 312 g/mol. The van der Waals surface area contributed by atoms with Crippen LogP contribution >= 0.6 is 15.9 Å². The average Bonchev–Trinajstić information content (AvgIpc) is 2.81. The molecule has 0 aliphatic rings. The fourth-order valence-electron chi connectivity index (χ4n) is 1.39. The molecular formula is C12H11BrFN3O. The van der Waals surface area contributed by atoms with Crippen molar-refractivity contribution in [2.45, 2.75) is 6.54 Å². The van der Waals surface area contributed by atoms with Crippen LogP contribution in [0, 0.1) is 5.82 Å². The lowest BCUT2D eigenvalue weighted by atomic mass is 10.2. The van der Waals surface area contributed by atoms with E-state index in [1.165, 1.54) is 12.1 Å². The van der Waals surface area contributed by atoms with E-state index in [9.17, 15) is 4.39 Å². The van der Waals surface area contributed by atoms with E-state index in [-0.39, 0.29) is 5.82 Å². The summed E-state index contributed by atoms with van der Waals surface area (Å²) in [5.74, 6) is 0.462. The molecule has 0 spiro atoms. The van der Waals surface area contributed by atoms with Crippen LogP contribution in [0.3, 0.4) is 0 Å². The van der Waals surface area contributed by atoms with E-state index in [2.05, 4.69) is 38.0 Å². The first kappa shape index (κ1) is 12.9. The maximum atomic E-state index is 13.2. The minimum Gasteiger partial charge on any atom is -0.338 e. The number of rotatable bonds is 5. The SMILES string of the molecule is C=CCNCc1nc(-c2cc(F)ccc2Br)no1. The molecule has 1 N–H and O–H groups in total. The van der Waals surface area contributed by atoms with Crippen LogP contribution in [0.25, 0.3) is 11.4 Å². The Morgan fingerprint density at radius 2 is 2.33 bits per heavy atom. The molecular weight excluding hydrogens is 301 g/mol. The van der Waals surface area contributed by atoms with Crippen LogP contribution in [-0.4, -0.2) is 16.7 Å². The van der Waals surface area contributed by atoms with Gasteiger partial charge in [0.1, 0.15) is 5.82 Å². The zero-order valence-corrected chi connectivity index (χ0v) is 11.1. The molecule has 0 aliphatic carbocycles. The zero-order chi connectivity index (χ0) is 13.0. The Labute approximate surface area is 112 Å². The maximum Gasteiger partial charge on any atom is 0.240 e. The second-order valence-corrected chi connectivity index (χ2v) is 4.41. The molecule has 0 saturated heterocycles. The number of nitrogens with zero attached hydrogens (tertiary/aromatic N) is 2. The molecule has 1 heterocycles. The Morgan fingerprint density at radius 3 is 3.11 bits per heavy atom. The number of hydrogen-bond acceptors (Lipinski definition) is 4. The summed E-state index contributed by atoms with van der Waals surface area (Å²) < 4.78 is 18.9. The minimum atomic E-state index is -0.343. The predicted molar refractivity (Wildman–Crippen MR) is 69.3 cm³/mol. The molecule has 1 aromatic heterocycles. The molecule has 2 rings (SSSR count). The number of nitrogens with one attached hydrogen (secondary N) is 1. The van der Waals surface area contributed by atoms with Crippen LogP contribution in [-0.2, 0) is 6.54 Å². The van der Waals surface area contributed by atoms with Gasteiger partial charge >= 0.3 is 0 Å². The number of aromatic nitrogens is 2. The van der Waals surface area contributed by atoms with Crippen molar-refractivity contribution < 1.29 is 8.91 Å². The Kier molecular flexibility index (Phi) is 4.22. The number of benzene rings is 1. The third-order valence-electron chi connectivity index (χ3n) is 2.20. The van der Waals surface area contributed by atoms with Gasteiger partial charge in [0.15, 0.2) is 0 Å². The summed E-state index contributed by atoms with van der Waals surface area (Å²) in [4.78, 5) is 4.18.